The first-order valence-corrected chi connectivity index (χ1v) is 11.6. The molecule has 3 aromatic rings. The molecule has 0 N–H and O–H groups in total. The second kappa shape index (κ2) is 8.63. The van der Waals surface area contributed by atoms with E-state index >= 15 is 0 Å². The molecule has 0 spiro atoms. The second-order valence-corrected chi connectivity index (χ2v) is 9.56. The Morgan fingerprint density at radius 2 is 1.71 bits per heavy atom. The SMILES string of the molecule is Cc1noc(C)c1S(=O)(=O)N1CCN(Cc2ccc(-c3ccccc3C#N)cc2)CC1. The quantitative estimate of drug-likeness (QED) is 0.609. The fraction of sp³-hybridized carbons (Fsp3) is 0.304. The molecule has 0 atom stereocenters. The van der Waals surface area contributed by atoms with Gasteiger partial charge in [-0.2, -0.15) is 9.57 Å². The molecule has 0 amide bonds. The summed E-state index contributed by atoms with van der Waals surface area (Å²) in [6, 6.07) is 18.0. The van der Waals surface area contributed by atoms with E-state index in [0.29, 0.717) is 43.2 Å². The Kier molecular flexibility index (Phi) is 5.92. The number of rotatable bonds is 5. The molecule has 2 aromatic carbocycles. The van der Waals surface area contributed by atoms with Gasteiger partial charge in [0, 0.05) is 32.7 Å². The lowest BCUT2D eigenvalue weighted by Crippen LogP contribution is -2.48. The highest BCUT2D eigenvalue weighted by Gasteiger charge is 2.33. The highest BCUT2D eigenvalue weighted by Crippen LogP contribution is 2.26. The summed E-state index contributed by atoms with van der Waals surface area (Å²) >= 11 is 0. The van der Waals surface area contributed by atoms with Gasteiger partial charge in [-0.1, -0.05) is 47.6 Å². The summed E-state index contributed by atoms with van der Waals surface area (Å²) in [5.74, 6) is 0.331. The number of benzene rings is 2. The number of hydrogen-bond donors (Lipinski definition) is 0. The molecule has 7 nitrogen and oxygen atoms in total. The molecule has 1 aromatic heterocycles. The third kappa shape index (κ3) is 4.26. The maximum absolute atomic E-state index is 13.0. The lowest BCUT2D eigenvalue weighted by atomic mass is 9.99. The minimum atomic E-state index is -3.60. The summed E-state index contributed by atoms with van der Waals surface area (Å²) in [5.41, 5.74) is 4.15. The summed E-state index contributed by atoms with van der Waals surface area (Å²) in [6.45, 7) is 6.20. The molecule has 8 heteroatoms. The minimum absolute atomic E-state index is 0.189. The Hall–Kier alpha value is -2.99. The van der Waals surface area contributed by atoms with E-state index in [0.717, 1.165) is 23.2 Å². The molecule has 0 unspecified atom stereocenters. The molecule has 31 heavy (non-hydrogen) atoms. The molecular weight excluding hydrogens is 412 g/mol. The molecular formula is C23H24N4O3S. The van der Waals surface area contributed by atoms with E-state index in [2.05, 4.69) is 28.3 Å². The molecule has 4 rings (SSSR count). The zero-order chi connectivity index (χ0) is 22.0. The number of piperazine rings is 1. The largest absolute Gasteiger partial charge is 0.360 e. The summed E-state index contributed by atoms with van der Waals surface area (Å²) in [7, 11) is -3.60. The van der Waals surface area contributed by atoms with Crippen molar-refractivity contribution in [1.29, 1.82) is 5.26 Å². The standard InChI is InChI=1S/C23H24N4O3S/c1-17-23(18(2)30-25-17)31(28,29)27-13-11-26(12-14-27)16-19-7-9-20(10-8-19)22-6-4-3-5-21(22)15-24/h3-10H,11-14,16H2,1-2H3. The minimum Gasteiger partial charge on any atom is -0.360 e. The fourth-order valence-corrected chi connectivity index (χ4v) is 5.69. The molecule has 0 bridgehead atoms. The molecule has 0 aliphatic carbocycles. The normalized spacial score (nSPS) is 15.6. The van der Waals surface area contributed by atoms with Crippen LogP contribution in [0.15, 0.2) is 57.9 Å². The number of nitriles is 1. The van der Waals surface area contributed by atoms with Crippen LogP contribution in [0.25, 0.3) is 11.1 Å². The molecule has 0 radical (unpaired) electrons. The lowest BCUT2D eigenvalue weighted by molar-refractivity contribution is 0.181. The van der Waals surface area contributed by atoms with Gasteiger partial charge in [0.25, 0.3) is 0 Å². The monoisotopic (exact) mass is 436 g/mol. The van der Waals surface area contributed by atoms with Gasteiger partial charge < -0.3 is 4.52 Å². The highest BCUT2D eigenvalue weighted by molar-refractivity contribution is 7.89. The van der Waals surface area contributed by atoms with Crippen LogP contribution in [0.1, 0.15) is 22.6 Å². The summed E-state index contributed by atoms with van der Waals surface area (Å²) < 4.78 is 32.5. The van der Waals surface area contributed by atoms with Crippen LogP contribution >= 0.6 is 0 Å². The van der Waals surface area contributed by atoms with E-state index in [9.17, 15) is 13.7 Å². The fourth-order valence-electron chi connectivity index (χ4n) is 3.98. The highest BCUT2D eigenvalue weighted by atomic mass is 32.2. The zero-order valence-corrected chi connectivity index (χ0v) is 18.4. The van der Waals surface area contributed by atoms with Gasteiger partial charge in [-0.05, 0) is 36.6 Å². The van der Waals surface area contributed by atoms with Gasteiger partial charge in [0.1, 0.15) is 10.6 Å². The summed E-state index contributed by atoms with van der Waals surface area (Å²) in [5, 5.41) is 13.1. The van der Waals surface area contributed by atoms with Crippen molar-refractivity contribution in [1.82, 2.24) is 14.4 Å². The Morgan fingerprint density at radius 3 is 2.32 bits per heavy atom. The van der Waals surface area contributed by atoms with Crippen molar-refractivity contribution in [3.63, 3.8) is 0 Å². The van der Waals surface area contributed by atoms with Gasteiger partial charge in [0.15, 0.2) is 5.76 Å². The molecule has 0 saturated carbocycles. The first-order chi connectivity index (χ1) is 14.9. The Labute approximate surface area is 182 Å². The summed E-state index contributed by atoms with van der Waals surface area (Å²) in [4.78, 5) is 2.44. The van der Waals surface area contributed by atoms with E-state index in [1.54, 1.807) is 13.8 Å². The van der Waals surface area contributed by atoms with Crippen LogP contribution < -0.4 is 0 Å². The summed E-state index contributed by atoms with van der Waals surface area (Å²) in [6.07, 6.45) is 0. The van der Waals surface area contributed by atoms with Gasteiger partial charge >= 0.3 is 0 Å². The second-order valence-electron chi connectivity index (χ2n) is 7.69. The van der Waals surface area contributed by atoms with E-state index < -0.39 is 10.0 Å². The van der Waals surface area contributed by atoms with Crippen LogP contribution in [0.5, 0.6) is 0 Å². The van der Waals surface area contributed by atoms with Gasteiger partial charge in [-0.15, -0.1) is 0 Å². The first kappa shape index (κ1) is 21.2. The lowest BCUT2D eigenvalue weighted by Gasteiger charge is -2.33. The van der Waals surface area contributed by atoms with Crippen LogP contribution in [-0.2, 0) is 16.6 Å². The van der Waals surface area contributed by atoms with Gasteiger partial charge in [-0.3, -0.25) is 4.90 Å². The van der Waals surface area contributed by atoms with Crippen LogP contribution in [0.2, 0.25) is 0 Å². The van der Waals surface area contributed by atoms with E-state index in [1.165, 1.54) is 4.31 Å². The van der Waals surface area contributed by atoms with Gasteiger partial charge in [0.2, 0.25) is 10.0 Å². The maximum atomic E-state index is 13.0. The number of aromatic nitrogens is 1. The topological polar surface area (TPSA) is 90.4 Å². The number of sulfonamides is 1. The van der Waals surface area contributed by atoms with E-state index in [1.807, 2.05) is 36.4 Å². The average molecular weight is 437 g/mol. The molecule has 1 fully saturated rings. The van der Waals surface area contributed by atoms with Crippen LogP contribution in [-0.4, -0.2) is 49.0 Å². The number of aryl methyl sites for hydroxylation is 2. The van der Waals surface area contributed by atoms with Crippen molar-refractivity contribution in [2.75, 3.05) is 26.2 Å². The third-order valence-corrected chi connectivity index (χ3v) is 7.76. The smallest absolute Gasteiger partial charge is 0.248 e. The van der Waals surface area contributed by atoms with Crippen LogP contribution in [0, 0.1) is 25.2 Å². The van der Waals surface area contributed by atoms with Crippen molar-refractivity contribution in [3.8, 4) is 17.2 Å². The molecule has 1 aliphatic rings. The zero-order valence-electron chi connectivity index (χ0n) is 17.6. The van der Waals surface area contributed by atoms with E-state index in [-0.39, 0.29) is 4.90 Å². The third-order valence-electron chi connectivity index (χ3n) is 5.62. The van der Waals surface area contributed by atoms with Crippen LogP contribution in [0.4, 0.5) is 0 Å². The van der Waals surface area contributed by atoms with Crippen molar-refractivity contribution in [2.45, 2.75) is 25.3 Å². The van der Waals surface area contributed by atoms with Gasteiger partial charge in [0.05, 0.1) is 11.6 Å². The molecule has 1 aliphatic heterocycles. The van der Waals surface area contributed by atoms with Crippen molar-refractivity contribution >= 4 is 10.0 Å². The predicted octanol–water partition coefficient (Wildman–Crippen LogP) is 3.34. The average Bonchev–Trinajstić information content (AvgIpc) is 3.13. The van der Waals surface area contributed by atoms with Crippen molar-refractivity contribution < 1.29 is 12.9 Å². The molecule has 160 valence electrons. The van der Waals surface area contributed by atoms with Crippen LogP contribution in [0.3, 0.4) is 0 Å². The number of hydrogen-bond acceptors (Lipinski definition) is 6. The van der Waals surface area contributed by atoms with Crippen molar-refractivity contribution in [3.05, 3.63) is 71.1 Å². The number of nitrogens with zero attached hydrogens (tertiary/aromatic N) is 4. The maximum Gasteiger partial charge on any atom is 0.248 e. The van der Waals surface area contributed by atoms with E-state index in [4.69, 9.17) is 4.52 Å². The Morgan fingerprint density at radius 1 is 1.03 bits per heavy atom. The Bertz CT molecular complexity index is 1200. The first-order valence-electron chi connectivity index (χ1n) is 10.1. The molecule has 2 heterocycles. The Balaban J connectivity index is 1.40. The molecule has 1 saturated heterocycles. The van der Waals surface area contributed by atoms with Gasteiger partial charge in [-0.25, -0.2) is 8.42 Å². The predicted molar refractivity (Wildman–Crippen MR) is 117 cm³/mol. The van der Waals surface area contributed by atoms with Crippen molar-refractivity contribution in [2.24, 2.45) is 0 Å².